The number of amides is 4. The highest BCUT2D eigenvalue weighted by Crippen LogP contribution is 2.35. The molecule has 1 aliphatic heterocycles. The lowest BCUT2D eigenvalue weighted by molar-refractivity contribution is -0.122. The molecule has 0 atom stereocenters. The lowest BCUT2D eigenvalue weighted by Crippen LogP contribution is -2.54. The Labute approximate surface area is 176 Å². The van der Waals surface area contributed by atoms with Crippen molar-refractivity contribution in [2.45, 2.75) is 13.8 Å². The molecule has 2 aromatic rings. The molecule has 0 saturated carbocycles. The SMILES string of the molecule is CCOc1ccc(OCC)c(N2C(=O)NC(=O)/C(=C\c3ccccc3Br)C2=O)c1. The average molecular weight is 459 g/mol. The minimum atomic E-state index is -0.848. The van der Waals surface area contributed by atoms with Gasteiger partial charge in [0.1, 0.15) is 17.1 Å². The van der Waals surface area contributed by atoms with Crippen LogP contribution in [-0.4, -0.2) is 31.1 Å². The summed E-state index contributed by atoms with van der Waals surface area (Å²) in [4.78, 5) is 39.0. The normalized spacial score (nSPS) is 15.5. The van der Waals surface area contributed by atoms with Gasteiger partial charge in [0.15, 0.2) is 0 Å². The Morgan fingerprint density at radius 2 is 1.76 bits per heavy atom. The summed E-state index contributed by atoms with van der Waals surface area (Å²) >= 11 is 3.39. The Morgan fingerprint density at radius 3 is 2.45 bits per heavy atom. The van der Waals surface area contributed by atoms with E-state index in [1.54, 1.807) is 37.3 Å². The number of barbiturate groups is 1. The molecule has 3 rings (SSSR count). The van der Waals surface area contributed by atoms with Gasteiger partial charge in [-0.15, -0.1) is 0 Å². The molecule has 1 heterocycles. The molecule has 0 unspecified atom stereocenters. The maximum atomic E-state index is 13.2. The highest BCUT2D eigenvalue weighted by Gasteiger charge is 2.38. The number of hydrogen-bond acceptors (Lipinski definition) is 5. The van der Waals surface area contributed by atoms with E-state index in [4.69, 9.17) is 9.47 Å². The molecule has 0 spiro atoms. The van der Waals surface area contributed by atoms with Gasteiger partial charge in [0, 0.05) is 10.5 Å². The van der Waals surface area contributed by atoms with Gasteiger partial charge in [-0.05, 0) is 43.7 Å². The smallest absolute Gasteiger partial charge is 0.336 e. The van der Waals surface area contributed by atoms with Crippen LogP contribution in [0.2, 0.25) is 0 Å². The Balaban J connectivity index is 2.08. The van der Waals surface area contributed by atoms with Crippen molar-refractivity contribution in [1.82, 2.24) is 5.32 Å². The lowest BCUT2D eigenvalue weighted by atomic mass is 10.1. The molecule has 0 bridgehead atoms. The number of carbonyl (C=O) groups is 3. The monoisotopic (exact) mass is 458 g/mol. The summed E-state index contributed by atoms with van der Waals surface area (Å²) in [6.45, 7) is 4.37. The van der Waals surface area contributed by atoms with Crippen molar-refractivity contribution in [1.29, 1.82) is 0 Å². The Kier molecular flexibility index (Phi) is 6.33. The van der Waals surface area contributed by atoms with Crippen LogP contribution in [0.3, 0.4) is 0 Å². The number of nitrogens with one attached hydrogen (secondary N) is 1. The second-order valence-corrected chi connectivity index (χ2v) is 6.83. The number of carbonyl (C=O) groups excluding carboxylic acids is 3. The van der Waals surface area contributed by atoms with Crippen molar-refractivity contribution >= 4 is 45.5 Å². The first kappa shape index (κ1) is 20.6. The molecule has 0 aliphatic carbocycles. The third-order valence-electron chi connectivity index (χ3n) is 4.09. The van der Waals surface area contributed by atoms with Gasteiger partial charge in [-0.25, -0.2) is 9.69 Å². The van der Waals surface area contributed by atoms with Gasteiger partial charge in [-0.3, -0.25) is 14.9 Å². The molecule has 1 aliphatic rings. The van der Waals surface area contributed by atoms with Crippen molar-refractivity contribution in [2.75, 3.05) is 18.1 Å². The number of nitrogens with zero attached hydrogens (tertiary/aromatic N) is 1. The van der Waals surface area contributed by atoms with E-state index < -0.39 is 17.8 Å². The van der Waals surface area contributed by atoms with Crippen LogP contribution < -0.4 is 19.7 Å². The molecule has 1 fully saturated rings. The van der Waals surface area contributed by atoms with E-state index in [1.807, 2.05) is 13.0 Å². The summed E-state index contributed by atoms with van der Waals surface area (Å²) in [7, 11) is 0. The van der Waals surface area contributed by atoms with Crippen LogP contribution in [0.5, 0.6) is 11.5 Å². The van der Waals surface area contributed by atoms with Crippen LogP contribution in [-0.2, 0) is 9.59 Å². The number of benzene rings is 2. The van der Waals surface area contributed by atoms with Gasteiger partial charge in [0.2, 0.25) is 0 Å². The number of halogens is 1. The number of imide groups is 2. The van der Waals surface area contributed by atoms with Crippen LogP contribution in [0.1, 0.15) is 19.4 Å². The first-order chi connectivity index (χ1) is 14.0. The van der Waals surface area contributed by atoms with Gasteiger partial charge >= 0.3 is 6.03 Å². The second kappa shape index (κ2) is 8.91. The molecule has 1 saturated heterocycles. The molecule has 1 N–H and O–H groups in total. The summed E-state index contributed by atoms with van der Waals surface area (Å²) in [5, 5.41) is 2.22. The molecular formula is C21H19BrN2O5. The number of hydrogen-bond donors (Lipinski definition) is 1. The fraction of sp³-hybridized carbons (Fsp3) is 0.190. The van der Waals surface area contributed by atoms with Crippen molar-refractivity contribution in [2.24, 2.45) is 0 Å². The van der Waals surface area contributed by atoms with Crippen LogP contribution in [0, 0.1) is 0 Å². The highest BCUT2D eigenvalue weighted by atomic mass is 79.9. The minimum absolute atomic E-state index is 0.166. The fourth-order valence-electron chi connectivity index (χ4n) is 2.83. The zero-order valence-electron chi connectivity index (χ0n) is 15.9. The van der Waals surface area contributed by atoms with Crippen LogP contribution >= 0.6 is 15.9 Å². The summed E-state index contributed by atoms with van der Waals surface area (Å²) in [6.07, 6.45) is 1.44. The summed E-state index contributed by atoms with van der Waals surface area (Å²) in [5.74, 6) is -0.705. The largest absolute Gasteiger partial charge is 0.494 e. The number of anilines is 1. The fourth-order valence-corrected chi connectivity index (χ4v) is 3.23. The topological polar surface area (TPSA) is 84.9 Å². The molecular weight excluding hydrogens is 440 g/mol. The average Bonchev–Trinajstić information content (AvgIpc) is 2.68. The first-order valence-corrected chi connectivity index (χ1v) is 9.81. The van der Waals surface area contributed by atoms with E-state index in [2.05, 4.69) is 21.2 Å². The quantitative estimate of drug-likeness (QED) is 0.523. The maximum Gasteiger partial charge on any atom is 0.336 e. The lowest BCUT2D eigenvalue weighted by Gasteiger charge is -2.28. The molecule has 7 nitrogen and oxygen atoms in total. The molecule has 0 aromatic heterocycles. The van der Waals surface area contributed by atoms with Crippen LogP contribution in [0.4, 0.5) is 10.5 Å². The van der Waals surface area contributed by atoms with Crippen LogP contribution in [0.25, 0.3) is 6.08 Å². The first-order valence-electron chi connectivity index (χ1n) is 9.01. The maximum absolute atomic E-state index is 13.2. The molecule has 2 aromatic carbocycles. The molecule has 29 heavy (non-hydrogen) atoms. The summed E-state index contributed by atoms with van der Waals surface area (Å²) < 4.78 is 11.8. The van der Waals surface area contributed by atoms with Gasteiger partial charge < -0.3 is 9.47 Å². The van der Waals surface area contributed by atoms with Crippen molar-refractivity contribution in [3.8, 4) is 11.5 Å². The summed E-state index contributed by atoms with van der Waals surface area (Å²) in [5.41, 5.74) is 0.667. The Hall–Kier alpha value is -3.13. The van der Waals surface area contributed by atoms with E-state index in [9.17, 15) is 14.4 Å². The van der Waals surface area contributed by atoms with Gasteiger partial charge in [-0.1, -0.05) is 34.1 Å². The molecule has 0 radical (unpaired) electrons. The molecule has 4 amide bonds. The van der Waals surface area contributed by atoms with Crippen molar-refractivity contribution in [3.05, 3.63) is 58.1 Å². The van der Waals surface area contributed by atoms with Crippen molar-refractivity contribution in [3.63, 3.8) is 0 Å². The zero-order valence-corrected chi connectivity index (χ0v) is 17.5. The number of ether oxygens (including phenoxy) is 2. The summed E-state index contributed by atoms with van der Waals surface area (Å²) in [6, 6.07) is 11.1. The van der Waals surface area contributed by atoms with E-state index in [0.717, 1.165) is 4.90 Å². The van der Waals surface area contributed by atoms with E-state index in [-0.39, 0.29) is 11.3 Å². The van der Waals surface area contributed by atoms with Crippen molar-refractivity contribution < 1.29 is 23.9 Å². The van der Waals surface area contributed by atoms with Gasteiger partial charge in [0.25, 0.3) is 11.8 Å². The number of urea groups is 1. The van der Waals surface area contributed by atoms with Gasteiger partial charge in [0.05, 0.1) is 18.9 Å². The van der Waals surface area contributed by atoms with E-state index in [0.29, 0.717) is 34.7 Å². The third kappa shape index (κ3) is 4.32. The predicted molar refractivity (Wildman–Crippen MR) is 112 cm³/mol. The second-order valence-electron chi connectivity index (χ2n) is 5.97. The molecule has 8 heteroatoms. The van der Waals surface area contributed by atoms with Crippen LogP contribution in [0.15, 0.2) is 52.5 Å². The number of rotatable bonds is 6. The highest BCUT2D eigenvalue weighted by molar-refractivity contribution is 9.10. The third-order valence-corrected chi connectivity index (χ3v) is 4.81. The Bertz CT molecular complexity index is 1000. The minimum Gasteiger partial charge on any atom is -0.494 e. The Morgan fingerprint density at radius 1 is 1.03 bits per heavy atom. The van der Waals surface area contributed by atoms with Gasteiger partial charge in [-0.2, -0.15) is 0 Å². The van der Waals surface area contributed by atoms with E-state index in [1.165, 1.54) is 12.1 Å². The standard InChI is InChI=1S/C21H19BrN2O5/c1-3-28-14-9-10-18(29-4-2)17(12-14)24-20(26)15(19(25)23-21(24)27)11-13-7-5-6-8-16(13)22/h5-12H,3-4H2,1-2H3,(H,23,25,27)/b15-11+. The zero-order chi connectivity index (χ0) is 21.0. The van der Waals surface area contributed by atoms with E-state index >= 15 is 0 Å². The molecule has 150 valence electrons. The predicted octanol–water partition coefficient (Wildman–Crippen LogP) is 3.91.